The summed E-state index contributed by atoms with van der Waals surface area (Å²) in [6, 6.07) is 7.50. The number of hydrogen-bond donors (Lipinski definition) is 0. The molecule has 1 amide bonds. The zero-order chi connectivity index (χ0) is 22.8. The molecular weight excluding hydrogens is 393 g/mol. The minimum absolute atomic E-state index is 0.506. The molecule has 0 aliphatic carbocycles. The molecule has 2 aromatic heterocycles. The molecule has 0 atom stereocenters. The standard InChI is InChI=1S/C25H32FN3O2/c1-7-8-12-28-13-10-20-21(28)9-11-27-23(20)29(24(30)31-25(4,5)6)22-17(2)14-19(16-26)15-18(22)3/h9-11,13-15H,7-8,12,16H2,1-6H3. The highest BCUT2D eigenvalue weighted by Crippen LogP contribution is 2.37. The summed E-state index contributed by atoms with van der Waals surface area (Å²) in [5.74, 6) is 0.515. The Balaban J connectivity index is 2.21. The van der Waals surface area contributed by atoms with Crippen LogP contribution in [0.5, 0.6) is 0 Å². The summed E-state index contributed by atoms with van der Waals surface area (Å²) in [6.45, 7) is 11.8. The summed E-state index contributed by atoms with van der Waals surface area (Å²) >= 11 is 0. The maximum atomic E-state index is 13.4. The number of benzene rings is 1. The number of alkyl halides is 1. The highest BCUT2D eigenvalue weighted by molar-refractivity contribution is 6.05. The molecule has 0 radical (unpaired) electrons. The molecule has 0 unspecified atom stereocenters. The fourth-order valence-electron chi connectivity index (χ4n) is 3.88. The second-order valence-corrected chi connectivity index (χ2v) is 8.96. The molecule has 2 heterocycles. The van der Waals surface area contributed by atoms with E-state index in [1.165, 1.54) is 4.90 Å². The molecule has 0 saturated carbocycles. The van der Waals surface area contributed by atoms with Gasteiger partial charge in [-0.3, -0.25) is 0 Å². The first kappa shape index (κ1) is 22.8. The van der Waals surface area contributed by atoms with Crippen molar-refractivity contribution in [1.29, 1.82) is 0 Å². The monoisotopic (exact) mass is 425 g/mol. The van der Waals surface area contributed by atoms with E-state index in [-0.39, 0.29) is 0 Å². The van der Waals surface area contributed by atoms with Gasteiger partial charge in [-0.2, -0.15) is 0 Å². The third-order valence-corrected chi connectivity index (χ3v) is 5.15. The van der Waals surface area contributed by atoms with Gasteiger partial charge >= 0.3 is 6.09 Å². The third kappa shape index (κ3) is 4.89. The van der Waals surface area contributed by atoms with Crippen molar-refractivity contribution >= 4 is 28.5 Å². The molecule has 0 spiro atoms. The quantitative estimate of drug-likeness (QED) is 0.427. The van der Waals surface area contributed by atoms with Crippen LogP contribution in [-0.2, 0) is 18.0 Å². The van der Waals surface area contributed by atoms with Crippen LogP contribution in [0.1, 0.15) is 57.2 Å². The molecule has 3 aromatic rings. The number of nitrogens with zero attached hydrogens (tertiary/aromatic N) is 3. The van der Waals surface area contributed by atoms with Gasteiger partial charge in [0.2, 0.25) is 0 Å². The Hall–Kier alpha value is -2.89. The van der Waals surface area contributed by atoms with Crippen LogP contribution in [0.3, 0.4) is 0 Å². The molecule has 0 N–H and O–H groups in total. The number of aromatic nitrogens is 2. The second kappa shape index (κ2) is 9.08. The lowest BCUT2D eigenvalue weighted by Crippen LogP contribution is -2.35. The zero-order valence-corrected chi connectivity index (χ0v) is 19.3. The van der Waals surface area contributed by atoms with Crippen molar-refractivity contribution in [3.63, 3.8) is 0 Å². The molecule has 3 rings (SSSR count). The molecule has 5 nitrogen and oxygen atoms in total. The van der Waals surface area contributed by atoms with E-state index in [1.807, 2.05) is 52.9 Å². The largest absolute Gasteiger partial charge is 0.443 e. The Morgan fingerprint density at radius 1 is 1.19 bits per heavy atom. The first-order valence-electron chi connectivity index (χ1n) is 10.8. The number of amides is 1. The number of aryl methyl sites for hydroxylation is 3. The van der Waals surface area contributed by atoms with Gasteiger partial charge in [-0.25, -0.2) is 19.1 Å². The summed E-state index contributed by atoms with van der Waals surface area (Å²) in [4.78, 5) is 19.5. The highest BCUT2D eigenvalue weighted by atomic mass is 19.1. The first-order chi connectivity index (χ1) is 14.7. The van der Waals surface area contributed by atoms with E-state index in [9.17, 15) is 9.18 Å². The number of fused-ring (bicyclic) bond motifs is 1. The van der Waals surface area contributed by atoms with Gasteiger partial charge in [-0.1, -0.05) is 25.5 Å². The van der Waals surface area contributed by atoms with Gasteiger partial charge in [0.15, 0.2) is 5.82 Å². The summed E-state index contributed by atoms with van der Waals surface area (Å²) in [6.07, 6.45) is 5.41. The Kier molecular flexibility index (Phi) is 6.68. The topological polar surface area (TPSA) is 47.4 Å². The average molecular weight is 426 g/mol. The maximum absolute atomic E-state index is 13.4. The van der Waals surface area contributed by atoms with E-state index >= 15 is 0 Å². The van der Waals surface area contributed by atoms with Crippen LogP contribution in [-0.4, -0.2) is 21.2 Å². The SMILES string of the molecule is CCCCn1ccc2c(N(C(=O)OC(C)(C)C)c3c(C)cc(CF)cc3C)nccc21. The van der Waals surface area contributed by atoms with Gasteiger partial charge in [0.05, 0.1) is 11.2 Å². The molecule has 0 saturated heterocycles. The summed E-state index contributed by atoms with van der Waals surface area (Å²) in [5.41, 5.74) is 3.19. The fraction of sp³-hybridized carbons (Fsp3) is 0.440. The fourth-order valence-corrected chi connectivity index (χ4v) is 3.88. The van der Waals surface area contributed by atoms with Crippen LogP contribution >= 0.6 is 0 Å². The van der Waals surface area contributed by atoms with Gasteiger partial charge in [0.25, 0.3) is 0 Å². The van der Waals surface area contributed by atoms with E-state index in [0.29, 0.717) is 17.1 Å². The molecule has 1 aromatic carbocycles. The van der Waals surface area contributed by atoms with E-state index in [4.69, 9.17) is 4.74 Å². The van der Waals surface area contributed by atoms with Crippen molar-refractivity contribution in [2.75, 3.05) is 4.90 Å². The van der Waals surface area contributed by atoms with E-state index < -0.39 is 18.4 Å². The van der Waals surface area contributed by atoms with Gasteiger partial charge < -0.3 is 9.30 Å². The van der Waals surface area contributed by atoms with E-state index in [2.05, 4.69) is 16.5 Å². The second-order valence-electron chi connectivity index (χ2n) is 8.96. The van der Waals surface area contributed by atoms with Crippen molar-refractivity contribution < 1.29 is 13.9 Å². The summed E-state index contributed by atoms with van der Waals surface area (Å²) in [7, 11) is 0. The number of carbonyl (C=O) groups excluding carboxylic acids is 1. The number of ether oxygens (including phenoxy) is 1. The lowest BCUT2D eigenvalue weighted by molar-refractivity contribution is 0.0598. The molecule has 0 bridgehead atoms. The number of rotatable bonds is 6. The van der Waals surface area contributed by atoms with Crippen molar-refractivity contribution in [2.24, 2.45) is 0 Å². The average Bonchev–Trinajstić information content (AvgIpc) is 3.10. The minimum atomic E-state index is -0.670. The predicted octanol–water partition coefficient (Wildman–Crippen LogP) is 7.00. The summed E-state index contributed by atoms with van der Waals surface area (Å²) in [5, 5.41) is 0.873. The molecule has 166 valence electrons. The minimum Gasteiger partial charge on any atom is -0.443 e. The van der Waals surface area contributed by atoms with Crippen molar-refractivity contribution in [3.05, 3.63) is 53.3 Å². The molecule has 0 aliphatic rings. The van der Waals surface area contributed by atoms with Crippen molar-refractivity contribution in [2.45, 2.75) is 73.2 Å². The lowest BCUT2D eigenvalue weighted by atomic mass is 10.0. The normalized spacial score (nSPS) is 11.7. The molecule has 0 fully saturated rings. The van der Waals surface area contributed by atoms with Gasteiger partial charge in [-0.15, -0.1) is 0 Å². The zero-order valence-electron chi connectivity index (χ0n) is 19.3. The predicted molar refractivity (Wildman–Crippen MR) is 124 cm³/mol. The molecule has 6 heteroatoms. The van der Waals surface area contributed by atoms with Crippen LogP contribution in [0.25, 0.3) is 10.9 Å². The number of pyridine rings is 1. The van der Waals surface area contributed by atoms with Gasteiger partial charge in [0.1, 0.15) is 12.3 Å². The molecule has 0 aliphatic heterocycles. The van der Waals surface area contributed by atoms with Gasteiger partial charge in [-0.05, 0) is 69.9 Å². The maximum Gasteiger partial charge on any atom is 0.420 e. The van der Waals surface area contributed by atoms with Crippen molar-refractivity contribution in [3.8, 4) is 0 Å². The molecular formula is C25H32FN3O2. The lowest BCUT2D eigenvalue weighted by Gasteiger charge is -2.29. The number of halogens is 1. The van der Waals surface area contributed by atoms with Crippen LogP contribution in [0.2, 0.25) is 0 Å². The Bertz CT molecular complexity index is 1060. The Morgan fingerprint density at radius 2 is 1.87 bits per heavy atom. The van der Waals surface area contributed by atoms with E-state index in [0.717, 1.165) is 41.4 Å². The third-order valence-electron chi connectivity index (χ3n) is 5.15. The van der Waals surface area contributed by atoms with Crippen LogP contribution in [0, 0.1) is 13.8 Å². The molecule has 31 heavy (non-hydrogen) atoms. The summed E-state index contributed by atoms with van der Waals surface area (Å²) < 4.78 is 21.3. The number of hydrogen-bond acceptors (Lipinski definition) is 3. The number of anilines is 2. The smallest absolute Gasteiger partial charge is 0.420 e. The van der Waals surface area contributed by atoms with Crippen molar-refractivity contribution in [1.82, 2.24) is 9.55 Å². The number of unbranched alkanes of at least 4 members (excludes halogenated alkanes) is 1. The van der Waals surface area contributed by atoms with Crippen LogP contribution < -0.4 is 4.90 Å². The Labute approximate surface area is 183 Å². The number of carbonyl (C=O) groups is 1. The van der Waals surface area contributed by atoms with E-state index in [1.54, 1.807) is 18.3 Å². The van der Waals surface area contributed by atoms with Gasteiger partial charge in [0, 0.05) is 24.3 Å². The first-order valence-corrected chi connectivity index (χ1v) is 10.8. The highest BCUT2D eigenvalue weighted by Gasteiger charge is 2.30. The van der Waals surface area contributed by atoms with Crippen LogP contribution in [0.15, 0.2) is 36.7 Å². The Morgan fingerprint density at radius 3 is 2.45 bits per heavy atom. The van der Waals surface area contributed by atoms with Crippen LogP contribution in [0.4, 0.5) is 20.7 Å².